The summed E-state index contributed by atoms with van der Waals surface area (Å²) in [6.45, 7) is 0. The van der Waals surface area contributed by atoms with Gasteiger partial charge in [-0.2, -0.15) is 0 Å². The number of amides is 2. The highest BCUT2D eigenvalue weighted by Crippen LogP contribution is 2.17. The van der Waals surface area contributed by atoms with E-state index < -0.39 is 0 Å². The normalized spacial score (nSPS) is 10.6. The number of furan rings is 1. The molecule has 0 aliphatic carbocycles. The second-order valence-electron chi connectivity index (χ2n) is 5.60. The van der Waals surface area contributed by atoms with E-state index in [0.29, 0.717) is 28.4 Å². The summed E-state index contributed by atoms with van der Waals surface area (Å²) in [5, 5.41) is 5.51. The van der Waals surface area contributed by atoms with E-state index in [1.54, 1.807) is 73.8 Å². The van der Waals surface area contributed by atoms with Crippen molar-refractivity contribution in [2.24, 2.45) is 0 Å². The first-order valence-corrected chi connectivity index (χ1v) is 8.22. The molecule has 0 atom stereocenters. The largest absolute Gasteiger partial charge is 0.497 e. The van der Waals surface area contributed by atoms with E-state index in [2.05, 4.69) is 10.6 Å². The molecule has 2 aromatic carbocycles. The van der Waals surface area contributed by atoms with Gasteiger partial charge in [-0.3, -0.25) is 9.59 Å². The Morgan fingerprint density at radius 3 is 2.48 bits per heavy atom. The zero-order valence-corrected chi connectivity index (χ0v) is 14.6. The maximum Gasteiger partial charge on any atom is 0.255 e. The standard InChI is InChI=1S/C21H18N2O4/c1-26-18-9-7-16(8-10-18)23-21(25)15-4-2-5-17(14-15)22-20(24)12-11-19-6-3-13-27-19/h2-14H,1H3,(H,22,24)(H,23,25). The topological polar surface area (TPSA) is 80.6 Å². The second kappa shape index (κ2) is 8.53. The van der Waals surface area contributed by atoms with Crippen LogP contribution in [-0.2, 0) is 4.79 Å². The molecule has 0 radical (unpaired) electrons. The fourth-order valence-electron chi connectivity index (χ4n) is 2.34. The Kier molecular flexibility index (Phi) is 5.69. The minimum absolute atomic E-state index is 0.276. The van der Waals surface area contributed by atoms with Crippen LogP contribution < -0.4 is 15.4 Å². The summed E-state index contributed by atoms with van der Waals surface area (Å²) in [5.41, 5.74) is 1.60. The molecule has 1 heterocycles. The van der Waals surface area contributed by atoms with Crippen LogP contribution >= 0.6 is 0 Å². The van der Waals surface area contributed by atoms with Crippen LogP contribution in [0.3, 0.4) is 0 Å². The molecule has 136 valence electrons. The third-order valence-electron chi connectivity index (χ3n) is 3.68. The predicted molar refractivity (Wildman–Crippen MR) is 104 cm³/mol. The monoisotopic (exact) mass is 362 g/mol. The molecule has 0 spiro atoms. The molecule has 27 heavy (non-hydrogen) atoms. The van der Waals surface area contributed by atoms with Gasteiger partial charge >= 0.3 is 0 Å². The molecule has 2 amide bonds. The van der Waals surface area contributed by atoms with E-state index >= 15 is 0 Å². The third-order valence-corrected chi connectivity index (χ3v) is 3.68. The molecule has 0 aliphatic heterocycles. The predicted octanol–water partition coefficient (Wildman–Crippen LogP) is 4.19. The van der Waals surface area contributed by atoms with Gasteiger partial charge in [0.05, 0.1) is 13.4 Å². The van der Waals surface area contributed by atoms with Crippen molar-refractivity contribution in [1.29, 1.82) is 0 Å². The average molecular weight is 362 g/mol. The molecule has 0 unspecified atom stereocenters. The van der Waals surface area contributed by atoms with Crippen molar-refractivity contribution < 1.29 is 18.7 Å². The van der Waals surface area contributed by atoms with Crippen molar-refractivity contribution in [3.05, 3.63) is 84.3 Å². The van der Waals surface area contributed by atoms with Crippen molar-refractivity contribution >= 4 is 29.3 Å². The molecule has 6 nitrogen and oxygen atoms in total. The SMILES string of the molecule is COc1ccc(NC(=O)c2cccc(NC(=O)C=Cc3ccco3)c2)cc1. The van der Waals surface area contributed by atoms with Gasteiger partial charge in [0.25, 0.3) is 5.91 Å². The third kappa shape index (κ3) is 5.09. The quantitative estimate of drug-likeness (QED) is 0.644. The zero-order chi connectivity index (χ0) is 19.1. The van der Waals surface area contributed by atoms with Crippen LogP contribution in [-0.4, -0.2) is 18.9 Å². The Morgan fingerprint density at radius 1 is 0.963 bits per heavy atom. The van der Waals surface area contributed by atoms with E-state index in [1.807, 2.05) is 0 Å². The Balaban J connectivity index is 1.63. The lowest BCUT2D eigenvalue weighted by atomic mass is 10.1. The van der Waals surface area contributed by atoms with Gasteiger partial charge in [0.1, 0.15) is 11.5 Å². The van der Waals surface area contributed by atoms with Crippen LogP contribution in [0, 0.1) is 0 Å². The highest BCUT2D eigenvalue weighted by Gasteiger charge is 2.08. The summed E-state index contributed by atoms with van der Waals surface area (Å²) >= 11 is 0. The summed E-state index contributed by atoms with van der Waals surface area (Å²) in [5.74, 6) is 0.694. The highest BCUT2D eigenvalue weighted by atomic mass is 16.5. The van der Waals surface area contributed by atoms with Crippen molar-refractivity contribution in [2.75, 3.05) is 17.7 Å². The number of carbonyl (C=O) groups is 2. The molecule has 2 N–H and O–H groups in total. The van der Waals surface area contributed by atoms with Gasteiger partial charge in [-0.15, -0.1) is 0 Å². The van der Waals surface area contributed by atoms with Gasteiger partial charge in [-0.05, 0) is 60.7 Å². The minimum Gasteiger partial charge on any atom is -0.497 e. The first kappa shape index (κ1) is 18.0. The number of ether oxygens (including phenoxy) is 1. The second-order valence-corrected chi connectivity index (χ2v) is 5.60. The highest BCUT2D eigenvalue weighted by molar-refractivity contribution is 6.06. The zero-order valence-electron chi connectivity index (χ0n) is 14.6. The molecule has 0 saturated carbocycles. The van der Waals surface area contributed by atoms with Crippen molar-refractivity contribution in [3.8, 4) is 5.75 Å². The summed E-state index contributed by atoms with van der Waals surface area (Å²) in [6.07, 6.45) is 4.46. The molecular weight excluding hydrogens is 344 g/mol. The summed E-state index contributed by atoms with van der Waals surface area (Å²) in [7, 11) is 1.58. The maximum atomic E-state index is 12.4. The van der Waals surface area contributed by atoms with Crippen molar-refractivity contribution in [2.45, 2.75) is 0 Å². The number of nitrogens with one attached hydrogen (secondary N) is 2. The Labute approximate surface area is 156 Å². The van der Waals surface area contributed by atoms with Crippen LogP contribution in [0.1, 0.15) is 16.1 Å². The smallest absolute Gasteiger partial charge is 0.255 e. The minimum atomic E-state index is -0.320. The molecule has 0 fully saturated rings. The Bertz CT molecular complexity index is 945. The number of hydrogen-bond donors (Lipinski definition) is 2. The molecular formula is C21H18N2O4. The number of anilines is 2. The van der Waals surface area contributed by atoms with E-state index in [4.69, 9.17) is 9.15 Å². The van der Waals surface area contributed by atoms with Crippen molar-refractivity contribution in [1.82, 2.24) is 0 Å². The fraction of sp³-hybridized carbons (Fsp3) is 0.0476. The van der Waals surface area contributed by atoms with Crippen LogP contribution in [0.5, 0.6) is 5.75 Å². The van der Waals surface area contributed by atoms with E-state index in [-0.39, 0.29) is 11.8 Å². The molecule has 1 aromatic heterocycles. The van der Waals surface area contributed by atoms with Crippen LogP contribution in [0.4, 0.5) is 11.4 Å². The lowest BCUT2D eigenvalue weighted by Gasteiger charge is -2.08. The average Bonchev–Trinajstić information content (AvgIpc) is 3.21. The van der Waals surface area contributed by atoms with Gasteiger partial charge in [0, 0.05) is 23.0 Å². The lowest BCUT2D eigenvalue weighted by molar-refractivity contribution is -0.111. The summed E-state index contributed by atoms with van der Waals surface area (Å²) < 4.78 is 10.2. The molecule has 3 rings (SSSR count). The first-order chi connectivity index (χ1) is 13.1. The summed E-state index contributed by atoms with van der Waals surface area (Å²) in [4.78, 5) is 24.4. The first-order valence-electron chi connectivity index (χ1n) is 8.22. The Hall–Kier alpha value is -3.80. The van der Waals surface area contributed by atoms with E-state index in [9.17, 15) is 9.59 Å². The number of methoxy groups -OCH3 is 1. The van der Waals surface area contributed by atoms with Crippen LogP contribution in [0.15, 0.2) is 77.4 Å². The van der Waals surface area contributed by atoms with Crippen LogP contribution in [0.2, 0.25) is 0 Å². The molecule has 0 aliphatic rings. The molecule has 0 saturated heterocycles. The van der Waals surface area contributed by atoms with Crippen LogP contribution in [0.25, 0.3) is 6.08 Å². The van der Waals surface area contributed by atoms with Gasteiger partial charge in [-0.1, -0.05) is 6.07 Å². The van der Waals surface area contributed by atoms with Gasteiger partial charge in [0.2, 0.25) is 5.91 Å². The van der Waals surface area contributed by atoms with Gasteiger partial charge in [-0.25, -0.2) is 0 Å². The van der Waals surface area contributed by atoms with Crippen molar-refractivity contribution in [3.63, 3.8) is 0 Å². The number of benzene rings is 2. The van der Waals surface area contributed by atoms with E-state index in [1.165, 1.54) is 12.3 Å². The molecule has 3 aromatic rings. The maximum absolute atomic E-state index is 12.4. The van der Waals surface area contributed by atoms with Gasteiger partial charge in [0.15, 0.2) is 0 Å². The van der Waals surface area contributed by atoms with Gasteiger partial charge < -0.3 is 19.8 Å². The molecule has 0 bridgehead atoms. The Morgan fingerprint density at radius 2 is 1.78 bits per heavy atom. The fourth-order valence-corrected chi connectivity index (χ4v) is 2.34. The molecule has 6 heteroatoms. The number of carbonyl (C=O) groups excluding carboxylic acids is 2. The lowest BCUT2D eigenvalue weighted by Crippen LogP contribution is -2.13. The number of rotatable bonds is 6. The summed E-state index contributed by atoms with van der Waals surface area (Å²) in [6, 6.07) is 17.2. The van der Waals surface area contributed by atoms with E-state index in [0.717, 1.165) is 0 Å². The number of hydrogen-bond acceptors (Lipinski definition) is 4.